The van der Waals surface area contributed by atoms with Crippen molar-refractivity contribution in [2.75, 3.05) is 0 Å². The van der Waals surface area contributed by atoms with Crippen LogP contribution in [-0.4, -0.2) is 0 Å². The number of rotatable bonds is 2. The Morgan fingerprint density at radius 3 is 2.53 bits per heavy atom. The zero-order valence-electron chi connectivity index (χ0n) is 10.3. The van der Waals surface area contributed by atoms with Crippen molar-refractivity contribution in [2.45, 2.75) is 39.2 Å². The van der Waals surface area contributed by atoms with Gasteiger partial charge in [-0.1, -0.05) is 31.9 Å². The van der Waals surface area contributed by atoms with E-state index in [1.807, 2.05) is 0 Å². The Morgan fingerprint density at radius 2 is 1.94 bits per heavy atom. The molecular formula is C14H19F2N. The first kappa shape index (κ1) is 12.5. The van der Waals surface area contributed by atoms with Crippen LogP contribution in [0.2, 0.25) is 0 Å². The first-order valence-electron chi connectivity index (χ1n) is 6.22. The Balaban J connectivity index is 2.31. The van der Waals surface area contributed by atoms with Gasteiger partial charge >= 0.3 is 0 Å². The van der Waals surface area contributed by atoms with Crippen molar-refractivity contribution in [3.8, 4) is 0 Å². The van der Waals surface area contributed by atoms with Gasteiger partial charge in [0.15, 0.2) is 11.6 Å². The second-order valence-electron chi connectivity index (χ2n) is 5.20. The third-order valence-corrected chi connectivity index (χ3v) is 4.05. The van der Waals surface area contributed by atoms with Gasteiger partial charge in [0.25, 0.3) is 0 Å². The molecule has 3 atom stereocenters. The fourth-order valence-corrected chi connectivity index (χ4v) is 2.86. The van der Waals surface area contributed by atoms with E-state index in [1.165, 1.54) is 0 Å². The van der Waals surface area contributed by atoms with Crippen LogP contribution in [0.1, 0.15) is 43.4 Å². The van der Waals surface area contributed by atoms with Gasteiger partial charge in [-0.25, -0.2) is 8.78 Å². The number of halogens is 2. The Morgan fingerprint density at radius 1 is 1.24 bits per heavy atom. The highest BCUT2D eigenvalue weighted by molar-refractivity contribution is 5.28. The maximum absolute atomic E-state index is 13.8. The third kappa shape index (κ3) is 2.21. The van der Waals surface area contributed by atoms with Crippen molar-refractivity contribution in [1.29, 1.82) is 0 Å². The minimum atomic E-state index is -0.767. The van der Waals surface area contributed by atoms with Gasteiger partial charge in [-0.3, -0.25) is 0 Å². The number of benzene rings is 1. The molecule has 0 saturated heterocycles. The van der Waals surface area contributed by atoms with Gasteiger partial charge in [0.2, 0.25) is 0 Å². The predicted octanol–water partition coefficient (Wildman–Crippen LogP) is 3.71. The number of hydrogen-bond acceptors (Lipinski definition) is 1. The summed E-state index contributed by atoms with van der Waals surface area (Å²) in [5.74, 6) is -0.763. The molecule has 0 heterocycles. The molecule has 17 heavy (non-hydrogen) atoms. The highest BCUT2D eigenvalue weighted by atomic mass is 19.2. The number of aryl methyl sites for hydroxylation is 1. The van der Waals surface area contributed by atoms with Crippen molar-refractivity contribution < 1.29 is 8.78 Å². The summed E-state index contributed by atoms with van der Waals surface area (Å²) < 4.78 is 27.3. The zero-order valence-corrected chi connectivity index (χ0v) is 10.3. The normalized spacial score (nSPS) is 26.2. The van der Waals surface area contributed by atoms with Crippen molar-refractivity contribution in [1.82, 2.24) is 0 Å². The molecule has 0 spiro atoms. The van der Waals surface area contributed by atoms with Crippen LogP contribution in [0.15, 0.2) is 12.1 Å². The second-order valence-corrected chi connectivity index (χ2v) is 5.20. The lowest BCUT2D eigenvalue weighted by Gasteiger charge is -2.24. The molecule has 2 N–H and O–H groups in total. The third-order valence-electron chi connectivity index (χ3n) is 4.05. The van der Waals surface area contributed by atoms with Crippen LogP contribution >= 0.6 is 0 Å². The predicted molar refractivity (Wildman–Crippen MR) is 64.5 cm³/mol. The lowest BCUT2D eigenvalue weighted by molar-refractivity contribution is 0.340. The van der Waals surface area contributed by atoms with Gasteiger partial charge in [0.05, 0.1) is 0 Å². The van der Waals surface area contributed by atoms with Crippen LogP contribution in [0.3, 0.4) is 0 Å². The van der Waals surface area contributed by atoms with Crippen molar-refractivity contribution in [2.24, 2.45) is 17.6 Å². The molecule has 1 aromatic rings. The van der Waals surface area contributed by atoms with E-state index in [1.54, 1.807) is 19.1 Å². The topological polar surface area (TPSA) is 26.0 Å². The maximum atomic E-state index is 13.8. The monoisotopic (exact) mass is 239 g/mol. The highest BCUT2D eigenvalue weighted by Gasteiger charge is 2.31. The molecule has 1 nitrogen and oxygen atoms in total. The molecular weight excluding hydrogens is 220 g/mol. The van der Waals surface area contributed by atoms with Gasteiger partial charge in [-0.15, -0.1) is 0 Å². The van der Waals surface area contributed by atoms with E-state index in [4.69, 9.17) is 5.73 Å². The molecule has 0 bridgehead atoms. The van der Waals surface area contributed by atoms with E-state index < -0.39 is 11.6 Å². The summed E-state index contributed by atoms with van der Waals surface area (Å²) in [5.41, 5.74) is 6.76. The van der Waals surface area contributed by atoms with E-state index in [0.29, 0.717) is 17.0 Å². The van der Waals surface area contributed by atoms with E-state index in [9.17, 15) is 8.78 Å². The van der Waals surface area contributed by atoms with Crippen LogP contribution in [0.4, 0.5) is 8.78 Å². The molecule has 0 radical (unpaired) electrons. The van der Waals surface area contributed by atoms with Gasteiger partial charge in [0, 0.05) is 11.6 Å². The summed E-state index contributed by atoms with van der Waals surface area (Å²) in [7, 11) is 0. The quantitative estimate of drug-likeness (QED) is 0.836. The smallest absolute Gasteiger partial charge is 0.163 e. The van der Waals surface area contributed by atoms with Gasteiger partial charge < -0.3 is 5.73 Å². The molecule has 0 amide bonds. The minimum absolute atomic E-state index is 0.270. The van der Waals surface area contributed by atoms with Crippen LogP contribution < -0.4 is 5.73 Å². The molecule has 2 rings (SSSR count). The van der Waals surface area contributed by atoms with Gasteiger partial charge in [-0.2, -0.15) is 0 Å². The molecule has 94 valence electrons. The van der Waals surface area contributed by atoms with Gasteiger partial charge in [0.1, 0.15) is 0 Å². The number of hydrogen-bond donors (Lipinski definition) is 1. The van der Waals surface area contributed by atoms with E-state index >= 15 is 0 Å². The van der Waals surface area contributed by atoms with Crippen molar-refractivity contribution in [3.63, 3.8) is 0 Å². The van der Waals surface area contributed by atoms with Crippen LogP contribution in [0.5, 0.6) is 0 Å². The van der Waals surface area contributed by atoms with E-state index in [2.05, 4.69) is 6.92 Å². The van der Waals surface area contributed by atoms with Crippen molar-refractivity contribution in [3.05, 3.63) is 34.9 Å². The first-order valence-corrected chi connectivity index (χ1v) is 6.22. The Bertz CT molecular complexity index is 417. The average molecular weight is 239 g/mol. The van der Waals surface area contributed by atoms with Crippen LogP contribution in [0.25, 0.3) is 0 Å². The molecule has 1 aliphatic carbocycles. The summed E-state index contributed by atoms with van der Waals surface area (Å²) in [6.45, 7) is 3.70. The summed E-state index contributed by atoms with van der Waals surface area (Å²) in [4.78, 5) is 0. The molecule has 1 aliphatic rings. The summed E-state index contributed by atoms with van der Waals surface area (Å²) >= 11 is 0. The minimum Gasteiger partial charge on any atom is -0.324 e. The molecule has 0 aliphatic heterocycles. The maximum Gasteiger partial charge on any atom is 0.163 e. The summed E-state index contributed by atoms with van der Waals surface area (Å²) in [6.07, 6.45) is 3.28. The molecule has 0 aromatic heterocycles. The van der Waals surface area contributed by atoms with Crippen LogP contribution in [-0.2, 0) is 0 Å². The standard InChI is InChI=1S/C14H19F2N/c1-8-4-3-5-10(8)14(17)11-7-6-9(2)12(15)13(11)16/h6-8,10,14H,3-5,17H2,1-2H3. The molecule has 1 saturated carbocycles. The largest absolute Gasteiger partial charge is 0.324 e. The summed E-state index contributed by atoms with van der Waals surface area (Å²) in [5, 5.41) is 0. The van der Waals surface area contributed by atoms with E-state index in [0.717, 1.165) is 19.3 Å². The fraction of sp³-hybridized carbons (Fsp3) is 0.571. The highest BCUT2D eigenvalue weighted by Crippen LogP contribution is 2.39. The SMILES string of the molecule is Cc1ccc(C(N)C2CCCC2C)c(F)c1F. The number of nitrogens with two attached hydrogens (primary N) is 1. The summed E-state index contributed by atoms with van der Waals surface area (Å²) in [6, 6.07) is 2.85. The lowest BCUT2D eigenvalue weighted by atomic mass is 9.86. The lowest BCUT2D eigenvalue weighted by Crippen LogP contribution is -2.24. The zero-order chi connectivity index (χ0) is 12.6. The van der Waals surface area contributed by atoms with Gasteiger partial charge in [-0.05, 0) is 30.7 Å². The average Bonchev–Trinajstić information content (AvgIpc) is 2.72. The molecule has 1 aromatic carbocycles. The molecule has 3 heteroatoms. The Kier molecular flexibility index (Phi) is 3.48. The second kappa shape index (κ2) is 4.73. The Hall–Kier alpha value is -0.960. The fourth-order valence-electron chi connectivity index (χ4n) is 2.86. The molecule has 1 fully saturated rings. The van der Waals surface area contributed by atoms with Crippen molar-refractivity contribution >= 4 is 0 Å². The Labute approximate surface area is 101 Å². The molecule has 3 unspecified atom stereocenters. The van der Waals surface area contributed by atoms with Crippen LogP contribution in [0, 0.1) is 30.4 Å². The first-order chi connectivity index (χ1) is 8.02. The van der Waals surface area contributed by atoms with E-state index in [-0.39, 0.29) is 12.0 Å².